The molecule has 1 aliphatic rings. The van der Waals surface area contributed by atoms with Crippen LogP contribution < -0.4 is 11.2 Å². The van der Waals surface area contributed by atoms with Crippen molar-refractivity contribution in [3.05, 3.63) is 33.1 Å². The third-order valence-corrected chi connectivity index (χ3v) is 2.59. The van der Waals surface area contributed by atoms with Crippen molar-refractivity contribution in [3.63, 3.8) is 0 Å². The summed E-state index contributed by atoms with van der Waals surface area (Å²) in [6.07, 6.45) is 2.26. The quantitative estimate of drug-likeness (QED) is 0.712. The maximum absolute atomic E-state index is 11.4. The van der Waals surface area contributed by atoms with Crippen molar-refractivity contribution in [2.24, 2.45) is 5.92 Å². The van der Waals surface area contributed by atoms with Crippen molar-refractivity contribution in [1.82, 2.24) is 9.55 Å². The number of nitrogens with one attached hydrogen (secondary N) is 1. The number of carbonyl (C=O) groups excluding carboxylic acids is 1. The molecule has 0 aliphatic heterocycles. The largest absolute Gasteiger partial charge is 0.465 e. The van der Waals surface area contributed by atoms with Gasteiger partial charge in [-0.25, -0.2) is 4.79 Å². The van der Waals surface area contributed by atoms with Gasteiger partial charge in [0.2, 0.25) is 0 Å². The highest BCUT2D eigenvalue weighted by Gasteiger charge is 2.40. The van der Waals surface area contributed by atoms with Gasteiger partial charge in [0.15, 0.2) is 0 Å². The van der Waals surface area contributed by atoms with Gasteiger partial charge in [-0.2, -0.15) is 0 Å². The van der Waals surface area contributed by atoms with Crippen LogP contribution in [0.3, 0.4) is 0 Å². The standard InChI is InChI=1S/C10H12N2O4/c1-6(13)16-5-7-4-8(7)12-3-2-9(14)11-10(12)15/h2-3,7-8H,4-5H2,1H3,(H,11,14,15)/t7-,8-/m0/s1. The lowest BCUT2D eigenvalue weighted by Crippen LogP contribution is -2.28. The van der Waals surface area contributed by atoms with Crippen molar-refractivity contribution in [1.29, 1.82) is 0 Å². The monoisotopic (exact) mass is 224 g/mol. The van der Waals surface area contributed by atoms with E-state index >= 15 is 0 Å². The van der Waals surface area contributed by atoms with Crippen LogP contribution >= 0.6 is 0 Å². The van der Waals surface area contributed by atoms with Crippen LogP contribution in [0.5, 0.6) is 0 Å². The lowest BCUT2D eigenvalue weighted by Gasteiger charge is -2.03. The van der Waals surface area contributed by atoms with Crippen molar-refractivity contribution in [2.75, 3.05) is 6.61 Å². The number of ether oxygens (including phenoxy) is 1. The van der Waals surface area contributed by atoms with Gasteiger partial charge in [-0.15, -0.1) is 0 Å². The molecule has 0 unspecified atom stereocenters. The topological polar surface area (TPSA) is 81.2 Å². The Kier molecular flexibility index (Phi) is 2.64. The minimum Gasteiger partial charge on any atom is -0.465 e. The molecule has 0 aromatic carbocycles. The van der Waals surface area contributed by atoms with Gasteiger partial charge in [0.05, 0.1) is 6.61 Å². The average Bonchev–Trinajstić information content (AvgIpc) is 2.94. The summed E-state index contributed by atoms with van der Waals surface area (Å²) in [6, 6.07) is 1.34. The van der Waals surface area contributed by atoms with E-state index in [4.69, 9.17) is 4.74 Å². The Hall–Kier alpha value is -1.85. The van der Waals surface area contributed by atoms with E-state index < -0.39 is 11.2 Å². The molecule has 1 N–H and O–H groups in total. The number of aromatic amines is 1. The van der Waals surface area contributed by atoms with E-state index in [-0.39, 0.29) is 17.9 Å². The number of carbonyl (C=O) groups is 1. The molecule has 1 saturated carbocycles. The summed E-state index contributed by atoms with van der Waals surface area (Å²) in [4.78, 5) is 35.0. The summed E-state index contributed by atoms with van der Waals surface area (Å²) in [6.45, 7) is 1.68. The summed E-state index contributed by atoms with van der Waals surface area (Å²) in [7, 11) is 0. The molecule has 1 aliphatic carbocycles. The summed E-state index contributed by atoms with van der Waals surface area (Å²) in [5.74, 6) is -0.146. The van der Waals surface area contributed by atoms with Crippen LogP contribution in [0.25, 0.3) is 0 Å². The Balaban J connectivity index is 2.03. The molecule has 2 atom stereocenters. The van der Waals surface area contributed by atoms with Crippen LogP contribution in [0.15, 0.2) is 21.9 Å². The Bertz CT molecular complexity index is 516. The molecular weight excluding hydrogens is 212 g/mol. The fourth-order valence-corrected chi connectivity index (χ4v) is 1.66. The second-order valence-electron chi connectivity index (χ2n) is 3.88. The van der Waals surface area contributed by atoms with E-state index in [0.29, 0.717) is 6.61 Å². The molecule has 1 aromatic rings. The highest BCUT2D eigenvalue weighted by Crippen LogP contribution is 2.42. The molecule has 0 amide bonds. The first-order valence-corrected chi connectivity index (χ1v) is 5.03. The molecule has 0 saturated heterocycles. The lowest BCUT2D eigenvalue weighted by atomic mass is 10.4. The molecule has 86 valence electrons. The fraction of sp³-hybridized carbons (Fsp3) is 0.500. The number of rotatable bonds is 3. The van der Waals surface area contributed by atoms with E-state index in [1.165, 1.54) is 23.8 Å². The molecule has 1 heterocycles. The van der Waals surface area contributed by atoms with Gasteiger partial charge in [-0.3, -0.25) is 19.1 Å². The first kappa shape index (κ1) is 10.7. The van der Waals surface area contributed by atoms with Crippen molar-refractivity contribution in [2.45, 2.75) is 19.4 Å². The zero-order valence-corrected chi connectivity index (χ0v) is 8.80. The summed E-state index contributed by atoms with van der Waals surface area (Å²) < 4.78 is 6.32. The zero-order valence-electron chi connectivity index (χ0n) is 8.80. The van der Waals surface area contributed by atoms with Crippen LogP contribution in [-0.4, -0.2) is 22.1 Å². The van der Waals surface area contributed by atoms with Crippen LogP contribution in [0.2, 0.25) is 0 Å². The molecule has 6 heteroatoms. The number of esters is 1. The molecule has 6 nitrogen and oxygen atoms in total. The molecule has 0 radical (unpaired) electrons. The highest BCUT2D eigenvalue weighted by atomic mass is 16.5. The van der Waals surface area contributed by atoms with Gasteiger partial charge in [-0.05, 0) is 6.42 Å². The van der Waals surface area contributed by atoms with Gasteiger partial charge in [0, 0.05) is 31.1 Å². The van der Waals surface area contributed by atoms with Crippen molar-refractivity contribution < 1.29 is 9.53 Å². The second kappa shape index (κ2) is 3.96. The number of nitrogens with zero attached hydrogens (tertiary/aromatic N) is 1. The normalized spacial score (nSPS) is 22.8. The predicted octanol–water partition coefficient (Wildman–Crippen LogP) is -0.339. The molecule has 1 aromatic heterocycles. The van der Waals surface area contributed by atoms with Gasteiger partial charge in [0.25, 0.3) is 5.56 Å². The van der Waals surface area contributed by atoms with E-state index in [9.17, 15) is 14.4 Å². The molecule has 2 rings (SSSR count). The predicted molar refractivity (Wildman–Crippen MR) is 55.1 cm³/mol. The van der Waals surface area contributed by atoms with E-state index in [1.807, 2.05) is 0 Å². The zero-order chi connectivity index (χ0) is 11.7. The second-order valence-corrected chi connectivity index (χ2v) is 3.88. The minimum atomic E-state index is -0.414. The number of hydrogen-bond donors (Lipinski definition) is 1. The maximum atomic E-state index is 11.4. The minimum absolute atomic E-state index is 0.0312. The van der Waals surface area contributed by atoms with Gasteiger partial charge < -0.3 is 4.74 Å². The van der Waals surface area contributed by atoms with Gasteiger partial charge >= 0.3 is 11.7 Å². The summed E-state index contributed by atoms with van der Waals surface area (Å²) in [5.41, 5.74) is -0.818. The third kappa shape index (κ3) is 2.21. The van der Waals surface area contributed by atoms with Gasteiger partial charge in [-0.1, -0.05) is 0 Å². The lowest BCUT2D eigenvalue weighted by molar-refractivity contribution is -0.141. The number of hydrogen-bond acceptors (Lipinski definition) is 4. The van der Waals surface area contributed by atoms with Crippen LogP contribution in [0.4, 0.5) is 0 Å². The molecule has 16 heavy (non-hydrogen) atoms. The Morgan fingerprint density at radius 3 is 3.00 bits per heavy atom. The SMILES string of the molecule is CC(=O)OC[C@@H]1C[C@@H]1n1ccc(=O)[nH]c1=O. The number of H-pyrrole nitrogens is 1. The Morgan fingerprint density at radius 2 is 2.38 bits per heavy atom. The fourth-order valence-electron chi connectivity index (χ4n) is 1.66. The smallest absolute Gasteiger partial charge is 0.328 e. The van der Waals surface area contributed by atoms with E-state index in [1.54, 1.807) is 0 Å². The Labute approximate surface area is 90.9 Å². The van der Waals surface area contributed by atoms with Crippen molar-refractivity contribution in [3.8, 4) is 0 Å². The van der Waals surface area contributed by atoms with Crippen LogP contribution in [0, 0.1) is 5.92 Å². The molecule has 0 spiro atoms. The van der Waals surface area contributed by atoms with Crippen LogP contribution in [0.1, 0.15) is 19.4 Å². The highest BCUT2D eigenvalue weighted by molar-refractivity contribution is 5.65. The third-order valence-electron chi connectivity index (χ3n) is 2.59. The molecule has 1 fully saturated rings. The average molecular weight is 224 g/mol. The number of aromatic nitrogens is 2. The first-order valence-electron chi connectivity index (χ1n) is 5.03. The van der Waals surface area contributed by atoms with Gasteiger partial charge in [0.1, 0.15) is 0 Å². The maximum Gasteiger partial charge on any atom is 0.328 e. The Morgan fingerprint density at radius 1 is 1.62 bits per heavy atom. The summed E-state index contributed by atoms with van der Waals surface area (Å²) >= 11 is 0. The van der Waals surface area contributed by atoms with Crippen molar-refractivity contribution >= 4 is 5.97 Å². The molecular formula is C10H12N2O4. The van der Waals surface area contributed by atoms with E-state index in [2.05, 4.69) is 4.98 Å². The first-order chi connectivity index (χ1) is 7.58. The summed E-state index contributed by atoms with van der Waals surface area (Å²) in [5, 5.41) is 0. The molecule has 0 bridgehead atoms. The van der Waals surface area contributed by atoms with E-state index in [0.717, 1.165) is 6.42 Å². The van der Waals surface area contributed by atoms with Crippen LogP contribution in [-0.2, 0) is 9.53 Å².